The molecule has 0 bridgehead atoms. The molecule has 0 spiro atoms. The number of anilines is 1. The number of ether oxygens (including phenoxy) is 1. The van der Waals surface area contributed by atoms with Gasteiger partial charge in [-0.15, -0.1) is 11.3 Å². The number of thiazole rings is 1. The summed E-state index contributed by atoms with van der Waals surface area (Å²) in [4.78, 5) is 18.2. The summed E-state index contributed by atoms with van der Waals surface area (Å²) >= 11 is 1.27. The molecule has 2 N–H and O–H groups in total. The molecule has 0 unspecified atom stereocenters. The minimum atomic E-state index is -0.126. The first-order valence-electron chi connectivity index (χ1n) is 6.24. The molecule has 1 amide bonds. The van der Waals surface area contributed by atoms with Gasteiger partial charge in [0.1, 0.15) is 5.69 Å². The summed E-state index contributed by atoms with van der Waals surface area (Å²) in [5.41, 5.74) is 7.04. The van der Waals surface area contributed by atoms with E-state index in [-0.39, 0.29) is 5.91 Å². The summed E-state index contributed by atoms with van der Waals surface area (Å²) < 4.78 is 5.06. The molecule has 0 saturated heterocycles. The summed E-state index contributed by atoms with van der Waals surface area (Å²) in [6, 6.07) is 9.83. The van der Waals surface area contributed by atoms with Crippen LogP contribution in [-0.2, 0) is 11.3 Å². The molecule has 1 aromatic carbocycles. The Hall–Kier alpha value is -1.92. The maximum Gasteiger partial charge on any atom is 0.273 e. The number of aromatic nitrogens is 1. The zero-order valence-electron chi connectivity index (χ0n) is 11.3. The van der Waals surface area contributed by atoms with Crippen LogP contribution in [0.4, 0.5) is 5.13 Å². The van der Waals surface area contributed by atoms with Crippen molar-refractivity contribution in [2.75, 3.05) is 26.0 Å². The minimum Gasteiger partial charge on any atom is -0.383 e. The van der Waals surface area contributed by atoms with Gasteiger partial charge in [0.2, 0.25) is 0 Å². The Bertz CT molecular complexity index is 557. The molecule has 20 heavy (non-hydrogen) atoms. The molecule has 6 heteroatoms. The first-order valence-corrected chi connectivity index (χ1v) is 7.12. The van der Waals surface area contributed by atoms with E-state index in [2.05, 4.69) is 4.98 Å². The fourth-order valence-corrected chi connectivity index (χ4v) is 2.34. The molecule has 0 saturated carbocycles. The molecule has 2 rings (SSSR count). The van der Waals surface area contributed by atoms with Crippen LogP contribution in [0.1, 0.15) is 16.1 Å². The second kappa shape index (κ2) is 7.02. The number of nitrogens with zero attached hydrogens (tertiary/aromatic N) is 2. The van der Waals surface area contributed by atoms with Gasteiger partial charge in [-0.2, -0.15) is 0 Å². The smallest absolute Gasteiger partial charge is 0.273 e. The van der Waals surface area contributed by atoms with Gasteiger partial charge in [-0.1, -0.05) is 30.3 Å². The third-order valence-electron chi connectivity index (χ3n) is 2.81. The maximum atomic E-state index is 12.4. The van der Waals surface area contributed by atoms with Crippen LogP contribution in [0.2, 0.25) is 0 Å². The fourth-order valence-electron chi connectivity index (χ4n) is 1.81. The predicted molar refractivity (Wildman–Crippen MR) is 79.6 cm³/mol. The highest BCUT2D eigenvalue weighted by molar-refractivity contribution is 7.13. The lowest BCUT2D eigenvalue weighted by Crippen LogP contribution is -2.33. The van der Waals surface area contributed by atoms with Gasteiger partial charge < -0.3 is 15.4 Å². The van der Waals surface area contributed by atoms with Gasteiger partial charge in [0.05, 0.1) is 6.61 Å². The maximum absolute atomic E-state index is 12.4. The lowest BCUT2D eigenvalue weighted by Gasteiger charge is -2.21. The summed E-state index contributed by atoms with van der Waals surface area (Å²) in [7, 11) is 1.62. The van der Waals surface area contributed by atoms with E-state index in [1.807, 2.05) is 30.3 Å². The van der Waals surface area contributed by atoms with Gasteiger partial charge in [0.15, 0.2) is 5.13 Å². The molecule has 5 nitrogen and oxygen atoms in total. The highest BCUT2D eigenvalue weighted by atomic mass is 32.1. The van der Waals surface area contributed by atoms with Gasteiger partial charge >= 0.3 is 0 Å². The van der Waals surface area contributed by atoms with E-state index < -0.39 is 0 Å². The van der Waals surface area contributed by atoms with Crippen molar-refractivity contribution in [1.29, 1.82) is 0 Å². The number of hydrogen-bond acceptors (Lipinski definition) is 5. The van der Waals surface area contributed by atoms with Gasteiger partial charge in [-0.3, -0.25) is 4.79 Å². The average molecular weight is 291 g/mol. The van der Waals surface area contributed by atoms with E-state index >= 15 is 0 Å². The van der Waals surface area contributed by atoms with E-state index in [1.54, 1.807) is 17.4 Å². The SMILES string of the molecule is COCCN(Cc1ccccc1)C(=O)c1csc(N)n1. The summed E-state index contributed by atoms with van der Waals surface area (Å²) in [5.74, 6) is -0.126. The van der Waals surface area contributed by atoms with Crippen molar-refractivity contribution in [2.45, 2.75) is 6.54 Å². The zero-order valence-corrected chi connectivity index (χ0v) is 12.1. The molecule has 2 aromatic rings. The minimum absolute atomic E-state index is 0.126. The lowest BCUT2D eigenvalue weighted by atomic mass is 10.2. The van der Waals surface area contributed by atoms with E-state index in [0.717, 1.165) is 5.56 Å². The molecule has 106 valence electrons. The number of methoxy groups -OCH3 is 1. The molecule has 1 aromatic heterocycles. The third kappa shape index (κ3) is 3.79. The molecular formula is C14H17N3O2S. The highest BCUT2D eigenvalue weighted by Crippen LogP contribution is 2.15. The van der Waals surface area contributed by atoms with Gasteiger partial charge in [0.25, 0.3) is 5.91 Å². The van der Waals surface area contributed by atoms with Crippen molar-refractivity contribution in [3.05, 3.63) is 47.0 Å². The van der Waals surface area contributed by atoms with Crippen LogP contribution in [0.25, 0.3) is 0 Å². The Morgan fingerprint density at radius 1 is 1.40 bits per heavy atom. The number of rotatable bonds is 6. The van der Waals surface area contributed by atoms with Crippen LogP contribution in [-0.4, -0.2) is 36.1 Å². The number of carbonyl (C=O) groups is 1. The fraction of sp³-hybridized carbons (Fsp3) is 0.286. The quantitative estimate of drug-likeness (QED) is 0.884. The Labute approximate surface area is 122 Å². The Balaban J connectivity index is 2.12. The van der Waals surface area contributed by atoms with Crippen LogP contribution in [0, 0.1) is 0 Å². The van der Waals surface area contributed by atoms with Crippen LogP contribution in [0.3, 0.4) is 0 Å². The van der Waals surface area contributed by atoms with Crippen LogP contribution in [0.5, 0.6) is 0 Å². The number of hydrogen-bond donors (Lipinski definition) is 1. The standard InChI is InChI=1S/C14H17N3O2S/c1-19-8-7-17(9-11-5-3-2-4-6-11)13(18)12-10-20-14(15)16-12/h2-6,10H,7-9H2,1H3,(H2,15,16). The van der Waals surface area contributed by atoms with Crippen LogP contribution >= 0.6 is 11.3 Å². The van der Waals surface area contributed by atoms with E-state index in [1.165, 1.54) is 11.3 Å². The van der Waals surface area contributed by atoms with Crippen molar-refractivity contribution in [3.63, 3.8) is 0 Å². The summed E-state index contributed by atoms with van der Waals surface area (Å²) in [5, 5.41) is 2.09. The normalized spacial score (nSPS) is 10.4. The second-order valence-corrected chi connectivity index (χ2v) is 5.17. The van der Waals surface area contributed by atoms with Crippen molar-refractivity contribution in [3.8, 4) is 0 Å². The largest absolute Gasteiger partial charge is 0.383 e. The number of amides is 1. The number of benzene rings is 1. The van der Waals surface area contributed by atoms with E-state index in [9.17, 15) is 4.79 Å². The molecule has 0 atom stereocenters. The zero-order chi connectivity index (χ0) is 14.4. The predicted octanol–water partition coefficient (Wildman–Crippen LogP) is 2.01. The number of carbonyl (C=O) groups excluding carboxylic acids is 1. The van der Waals surface area contributed by atoms with E-state index in [4.69, 9.17) is 10.5 Å². The molecular weight excluding hydrogens is 274 g/mol. The topological polar surface area (TPSA) is 68.5 Å². The van der Waals surface area contributed by atoms with Gasteiger partial charge in [0, 0.05) is 25.6 Å². The van der Waals surface area contributed by atoms with Crippen molar-refractivity contribution in [1.82, 2.24) is 9.88 Å². The Morgan fingerprint density at radius 2 is 2.15 bits per heavy atom. The lowest BCUT2D eigenvalue weighted by molar-refractivity contribution is 0.0675. The first-order chi connectivity index (χ1) is 9.70. The second-order valence-electron chi connectivity index (χ2n) is 4.28. The Kier molecular flexibility index (Phi) is 5.09. The van der Waals surface area contributed by atoms with Crippen LogP contribution < -0.4 is 5.73 Å². The molecule has 0 radical (unpaired) electrons. The summed E-state index contributed by atoms with van der Waals surface area (Å²) in [6.07, 6.45) is 0. The molecule has 1 heterocycles. The number of nitrogens with two attached hydrogens (primary N) is 1. The molecule has 0 fully saturated rings. The van der Waals surface area contributed by atoms with Crippen LogP contribution in [0.15, 0.2) is 35.7 Å². The molecule has 0 aliphatic carbocycles. The molecule has 0 aliphatic heterocycles. The average Bonchev–Trinajstić information content (AvgIpc) is 2.90. The first kappa shape index (κ1) is 14.5. The van der Waals surface area contributed by atoms with Crippen molar-refractivity contribution in [2.24, 2.45) is 0 Å². The Morgan fingerprint density at radius 3 is 2.75 bits per heavy atom. The monoisotopic (exact) mass is 291 g/mol. The number of nitrogen functional groups attached to an aromatic ring is 1. The van der Waals surface area contributed by atoms with Gasteiger partial charge in [-0.25, -0.2) is 4.98 Å². The molecule has 0 aliphatic rings. The van der Waals surface area contributed by atoms with Gasteiger partial charge in [-0.05, 0) is 5.56 Å². The van der Waals surface area contributed by atoms with E-state index in [0.29, 0.717) is 30.5 Å². The highest BCUT2D eigenvalue weighted by Gasteiger charge is 2.18. The van der Waals surface area contributed by atoms with Crippen molar-refractivity contribution < 1.29 is 9.53 Å². The van der Waals surface area contributed by atoms with Crippen molar-refractivity contribution >= 4 is 22.4 Å². The summed E-state index contributed by atoms with van der Waals surface area (Å²) in [6.45, 7) is 1.53. The third-order valence-corrected chi connectivity index (χ3v) is 3.48.